The molecule has 0 saturated carbocycles. The fraction of sp³-hybridized carbons (Fsp3) is 0.300. The number of carbonyl (C=O) groups is 3. The number of methoxy groups -OCH3 is 1. The van der Waals surface area contributed by atoms with Gasteiger partial charge in [0.25, 0.3) is 0 Å². The van der Waals surface area contributed by atoms with Crippen molar-refractivity contribution in [2.45, 2.75) is 12.5 Å². The minimum atomic E-state index is -1.17. The Morgan fingerprint density at radius 2 is 2.22 bits per heavy atom. The normalized spacial score (nSPS) is 11.7. The number of rotatable bonds is 5. The molecule has 4 N–H and O–H groups in total. The molecular weight excluding hydrogens is 260 g/mol. The number of thiophene rings is 1. The van der Waals surface area contributed by atoms with Gasteiger partial charge in [-0.25, -0.2) is 4.79 Å². The molecule has 0 spiro atoms. The Kier molecular flexibility index (Phi) is 4.81. The minimum Gasteiger partial charge on any atom is -0.481 e. The Morgan fingerprint density at radius 3 is 2.78 bits per heavy atom. The van der Waals surface area contributed by atoms with E-state index in [0.29, 0.717) is 0 Å². The van der Waals surface area contributed by atoms with Crippen molar-refractivity contribution >= 4 is 34.9 Å². The van der Waals surface area contributed by atoms with Crippen LogP contribution in [0.25, 0.3) is 0 Å². The van der Waals surface area contributed by atoms with Crippen LogP contribution < -0.4 is 11.1 Å². The van der Waals surface area contributed by atoms with E-state index in [2.05, 4.69) is 10.1 Å². The van der Waals surface area contributed by atoms with Crippen molar-refractivity contribution in [3.8, 4) is 0 Å². The lowest BCUT2D eigenvalue weighted by molar-refractivity contribution is -0.138. The Labute approximate surface area is 107 Å². The van der Waals surface area contributed by atoms with E-state index in [1.807, 2.05) is 0 Å². The van der Waals surface area contributed by atoms with Crippen LogP contribution in [0.1, 0.15) is 16.1 Å². The number of hydrogen-bond donors (Lipinski definition) is 3. The summed E-state index contributed by atoms with van der Waals surface area (Å²) in [6, 6.07) is 0.343. The lowest BCUT2D eigenvalue weighted by Crippen LogP contribution is -2.37. The quantitative estimate of drug-likeness (QED) is 0.662. The van der Waals surface area contributed by atoms with Gasteiger partial charge in [0.2, 0.25) is 5.91 Å². The standard InChI is InChI=1S/C10H12N2O5S/c1-17-10(16)8-6(2-3-18-8)12-9(15)5(11)4-7(13)14/h2-3,5H,4,11H2,1H3,(H,12,15)(H,13,14). The second kappa shape index (κ2) is 6.12. The Hall–Kier alpha value is -1.93. The zero-order chi connectivity index (χ0) is 13.7. The van der Waals surface area contributed by atoms with Gasteiger partial charge >= 0.3 is 11.9 Å². The van der Waals surface area contributed by atoms with Gasteiger partial charge in [0.1, 0.15) is 4.88 Å². The molecule has 7 nitrogen and oxygen atoms in total. The number of amides is 1. The molecule has 1 aromatic heterocycles. The molecule has 1 atom stereocenters. The summed E-state index contributed by atoms with van der Waals surface area (Å²) in [6.45, 7) is 0. The first-order chi connectivity index (χ1) is 8.45. The van der Waals surface area contributed by atoms with Gasteiger partial charge in [-0.05, 0) is 11.4 Å². The molecule has 0 fully saturated rings. The second-order valence-electron chi connectivity index (χ2n) is 3.35. The molecule has 1 unspecified atom stereocenters. The van der Waals surface area contributed by atoms with Gasteiger partial charge in [0.05, 0.1) is 25.3 Å². The van der Waals surface area contributed by atoms with Crippen LogP contribution in [0.2, 0.25) is 0 Å². The number of carboxylic acid groups (broad SMARTS) is 1. The van der Waals surface area contributed by atoms with Gasteiger partial charge in [0.15, 0.2) is 0 Å². The van der Waals surface area contributed by atoms with Crippen LogP contribution in [0.15, 0.2) is 11.4 Å². The molecule has 1 amide bonds. The zero-order valence-electron chi connectivity index (χ0n) is 9.50. The topological polar surface area (TPSA) is 119 Å². The fourth-order valence-electron chi connectivity index (χ4n) is 1.16. The molecule has 1 heterocycles. The van der Waals surface area contributed by atoms with Crippen LogP contribution in [0.4, 0.5) is 5.69 Å². The van der Waals surface area contributed by atoms with Crippen molar-refractivity contribution in [3.05, 3.63) is 16.3 Å². The summed E-state index contributed by atoms with van der Waals surface area (Å²) in [7, 11) is 1.23. The smallest absolute Gasteiger partial charge is 0.350 e. The van der Waals surface area contributed by atoms with E-state index in [9.17, 15) is 14.4 Å². The van der Waals surface area contributed by atoms with E-state index in [1.165, 1.54) is 13.2 Å². The predicted molar refractivity (Wildman–Crippen MR) is 64.5 cm³/mol. The van der Waals surface area contributed by atoms with Crippen molar-refractivity contribution in [3.63, 3.8) is 0 Å². The third kappa shape index (κ3) is 3.54. The monoisotopic (exact) mass is 272 g/mol. The summed E-state index contributed by atoms with van der Waals surface area (Å²) in [5.74, 6) is -2.41. The molecular formula is C10H12N2O5S. The van der Waals surface area contributed by atoms with Crippen molar-refractivity contribution in [1.29, 1.82) is 0 Å². The number of nitrogens with one attached hydrogen (secondary N) is 1. The Balaban J connectivity index is 2.73. The average Bonchev–Trinajstić information content (AvgIpc) is 2.75. The molecule has 0 aliphatic rings. The molecule has 98 valence electrons. The van der Waals surface area contributed by atoms with Crippen molar-refractivity contribution in [2.24, 2.45) is 5.73 Å². The highest BCUT2D eigenvalue weighted by molar-refractivity contribution is 7.12. The third-order valence-corrected chi connectivity index (χ3v) is 2.92. The average molecular weight is 272 g/mol. The molecule has 0 aromatic carbocycles. The maximum Gasteiger partial charge on any atom is 0.350 e. The van der Waals surface area contributed by atoms with Crippen LogP contribution in [0, 0.1) is 0 Å². The highest BCUT2D eigenvalue weighted by Gasteiger charge is 2.20. The van der Waals surface area contributed by atoms with Crippen molar-refractivity contribution in [2.75, 3.05) is 12.4 Å². The van der Waals surface area contributed by atoms with Crippen molar-refractivity contribution < 1.29 is 24.2 Å². The summed E-state index contributed by atoms with van der Waals surface area (Å²) in [4.78, 5) is 33.5. The summed E-state index contributed by atoms with van der Waals surface area (Å²) in [5.41, 5.74) is 5.65. The molecule has 0 aliphatic carbocycles. The molecule has 18 heavy (non-hydrogen) atoms. The number of hydrogen-bond acceptors (Lipinski definition) is 6. The van der Waals surface area contributed by atoms with E-state index in [0.717, 1.165) is 11.3 Å². The highest BCUT2D eigenvalue weighted by atomic mass is 32.1. The van der Waals surface area contributed by atoms with Crippen molar-refractivity contribution in [1.82, 2.24) is 0 Å². The molecule has 1 aromatic rings. The molecule has 1 rings (SSSR count). The molecule has 0 radical (unpaired) electrons. The lowest BCUT2D eigenvalue weighted by atomic mass is 10.2. The number of esters is 1. The summed E-state index contributed by atoms with van der Waals surface area (Å²) >= 11 is 1.10. The van der Waals surface area contributed by atoms with Gasteiger partial charge in [0, 0.05) is 0 Å². The largest absolute Gasteiger partial charge is 0.481 e. The Bertz CT molecular complexity index is 471. The molecule has 0 saturated heterocycles. The number of ether oxygens (including phenoxy) is 1. The van der Waals surface area contributed by atoms with Crippen LogP contribution in [-0.2, 0) is 14.3 Å². The van der Waals surface area contributed by atoms with Gasteiger partial charge in [-0.3, -0.25) is 9.59 Å². The van der Waals surface area contributed by atoms with Crippen LogP contribution in [-0.4, -0.2) is 36.1 Å². The molecule has 0 aliphatic heterocycles. The second-order valence-corrected chi connectivity index (χ2v) is 4.26. The predicted octanol–water partition coefficient (Wildman–Crippen LogP) is 0.275. The first-order valence-electron chi connectivity index (χ1n) is 4.89. The zero-order valence-corrected chi connectivity index (χ0v) is 10.3. The summed E-state index contributed by atoms with van der Waals surface area (Å²) in [6.07, 6.45) is -0.483. The maximum absolute atomic E-state index is 11.6. The van der Waals surface area contributed by atoms with Gasteiger partial charge < -0.3 is 20.9 Å². The van der Waals surface area contributed by atoms with E-state index < -0.39 is 30.3 Å². The highest BCUT2D eigenvalue weighted by Crippen LogP contribution is 2.23. The van der Waals surface area contributed by atoms with E-state index >= 15 is 0 Å². The van der Waals surface area contributed by atoms with Gasteiger partial charge in [-0.1, -0.05) is 0 Å². The Morgan fingerprint density at radius 1 is 1.56 bits per heavy atom. The maximum atomic E-state index is 11.6. The molecule has 8 heteroatoms. The fourth-order valence-corrected chi connectivity index (χ4v) is 1.93. The summed E-state index contributed by atoms with van der Waals surface area (Å²) < 4.78 is 4.54. The van der Waals surface area contributed by atoms with Gasteiger partial charge in [-0.15, -0.1) is 11.3 Å². The molecule has 0 bridgehead atoms. The SMILES string of the molecule is COC(=O)c1sccc1NC(=O)C(N)CC(=O)O. The van der Waals surface area contributed by atoms with Gasteiger partial charge in [-0.2, -0.15) is 0 Å². The number of carbonyl (C=O) groups excluding carboxylic acids is 2. The van der Waals surface area contributed by atoms with E-state index in [-0.39, 0.29) is 10.6 Å². The number of anilines is 1. The summed E-state index contributed by atoms with van der Waals surface area (Å²) in [5, 5.41) is 12.5. The van der Waals surface area contributed by atoms with E-state index in [4.69, 9.17) is 10.8 Å². The number of carboxylic acids is 1. The van der Waals surface area contributed by atoms with Crippen LogP contribution in [0.5, 0.6) is 0 Å². The lowest BCUT2D eigenvalue weighted by Gasteiger charge is -2.10. The van der Waals surface area contributed by atoms with E-state index in [1.54, 1.807) is 5.38 Å². The van der Waals surface area contributed by atoms with Crippen LogP contribution in [0.3, 0.4) is 0 Å². The first-order valence-corrected chi connectivity index (χ1v) is 5.77. The number of nitrogens with two attached hydrogens (primary N) is 1. The third-order valence-electron chi connectivity index (χ3n) is 2.03. The minimum absolute atomic E-state index is 0.230. The first kappa shape index (κ1) is 14.1. The number of aliphatic carboxylic acids is 1. The van der Waals surface area contributed by atoms with Crippen LogP contribution >= 0.6 is 11.3 Å².